The molecule has 7 nitrogen and oxygen atoms in total. The molecule has 1 fully saturated rings. The molecule has 2 atom stereocenters. The van der Waals surface area contributed by atoms with Gasteiger partial charge in [0.2, 0.25) is 0 Å². The quantitative estimate of drug-likeness (QED) is 0.557. The number of rotatable bonds is 4. The summed E-state index contributed by atoms with van der Waals surface area (Å²) in [5.74, 6) is 0.894. The van der Waals surface area contributed by atoms with Crippen LogP contribution in [0.4, 0.5) is 4.39 Å². The van der Waals surface area contributed by atoms with E-state index in [9.17, 15) is 4.39 Å². The van der Waals surface area contributed by atoms with Crippen molar-refractivity contribution in [3.63, 3.8) is 0 Å². The predicted octanol–water partition coefficient (Wildman–Crippen LogP) is 3.12. The van der Waals surface area contributed by atoms with Crippen molar-refractivity contribution in [3.8, 4) is 11.4 Å². The smallest absolute Gasteiger partial charge is 0.177 e. The van der Waals surface area contributed by atoms with Crippen molar-refractivity contribution in [1.29, 1.82) is 0 Å². The van der Waals surface area contributed by atoms with Gasteiger partial charge in [0.05, 0.1) is 17.6 Å². The summed E-state index contributed by atoms with van der Waals surface area (Å²) in [6.45, 7) is 4.66. The fourth-order valence-electron chi connectivity index (χ4n) is 3.65. The van der Waals surface area contributed by atoms with Crippen molar-refractivity contribution in [2.24, 2.45) is 0 Å². The highest BCUT2D eigenvalue weighted by atomic mass is 19.1. The fraction of sp³-hybridized carbons (Fsp3) is 0.316. The van der Waals surface area contributed by atoms with Crippen LogP contribution in [0.25, 0.3) is 17.0 Å². The molecule has 0 radical (unpaired) electrons. The van der Waals surface area contributed by atoms with E-state index in [1.807, 2.05) is 23.7 Å². The van der Waals surface area contributed by atoms with Gasteiger partial charge in [-0.3, -0.25) is 9.67 Å². The zero-order valence-electron chi connectivity index (χ0n) is 15.0. The minimum Gasteiger partial charge on any atom is -0.263 e. The highest BCUT2D eigenvalue weighted by Crippen LogP contribution is 2.55. The van der Waals surface area contributed by atoms with Gasteiger partial charge in [0.15, 0.2) is 11.5 Å². The van der Waals surface area contributed by atoms with Crippen LogP contribution >= 0.6 is 0 Å². The number of hydrogen-bond acceptors (Lipinski definition) is 5. The minimum absolute atomic E-state index is 0.164. The zero-order valence-corrected chi connectivity index (χ0v) is 15.0. The number of nitrogens with zero attached hydrogens (tertiary/aromatic N) is 7. The van der Waals surface area contributed by atoms with E-state index >= 15 is 0 Å². The number of aromatic nitrogens is 7. The molecule has 1 saturated carbocycles. The largest absolute Gasteiger partial charge is 0.263 e. The Balaban J connectivity index is 1.51. The number of pyridine rings is 1. The van der Waals surface area contributed by atoms with Crippen LogP contribution in [0.2, 0.25) is 0 Å². The molecule has 2 unspecified atom stereocenters. The lowest BCUT2D eigenvalue weighted by Crippen LogP contribution is -2.03. The van der Waals surface area contributed by atoms with E-state index in [4.69, 9.17) is 5.10 Å². The summed E-state index contributed by atoms with van der Waals surface area (Å²) in [5, 5.41) is 17.6. The van der Waals surface area contributed by atoms with E-state index in [-0.39, 0.29) is 17.7 Å². The van der Waals surface area contributed by atoms with Gasteiger partial charge in [-0.25, -0.2) is 4.39 Å². The standard InChI is InChI=1S/C19H18FN7/c1-3-26-18(16-4-5-19-23-22-11(2)27(19)25-16)9-17(24-26)14-8-13(14)12-6-7-21-10-15(12)20/h4-7,9-10,13-14H,3,8H2,1-2H3. The molecule has 0 amide bonds. The lowest BCUT2D eigenvalue weighted by atomic mass is 10.1. The summed E-state index contributed by atoms with van der Waals surface area (Å²) in [5.41, 5.74) is 4.19. The number of halogens is 1. The summed E-state index contributed by atoms with van der Waals surface area (Å²) in [7, 11) is 0. The second-order valence-electron chi connectivity index (χ2n) is 6.85. The molecule has 4 aromatic rings. The Morgan fingerprint density at radius 1 is 1.15 bits per heavy atom. The van der Waals surface area contributed by atoms with E-state index in [1.165, 1.54) is 6.20 Å². The average molecular weight is 363 g/mol. The predicted molar refractivity (Wildman–Crippen MR) is 96.7 cm³/mol. The Hall–Kier alpha value is -3.16. The Kier molecular flexibility index (Phi) is 3.53. The molecule has 27 heavy (non-hydrogen) atoms. The maximum absolute atomic E-state index is 14.0. The molecule has 5 rings (SSSR count). The topological polar surface area (TPSA) is 73.8 Å². The first kappa shape index (κ1) is 16.0. The van der Waals surface area contributed by atoms with Crippen LogP contribution < -0.4 is 0 Å². The minimum atomic E-state index is -0.240. The van der Waals surface area contributed by atoms with Crippen molar-refractivity contribution in [2.45, 2.75) is 38.6 Å². The third kappa shape index (κ3) is 2.59. The van der Waals surface area contributed by atoms with Gasteiger partial charge in [0, 0.05) is 18.7 Å². The van der Waals surface area contributed by atoms with Crippen LogP contribution in [-0.2, 0) is 6.54 Å². The van der Waals surface area contributed by atoms with Gasteiger partial charge < -0.3 is 0 Å². The second kappa shape index (κ2) is 5.94. The third-order valence-electron chi connectivity index (χ3n) is 5.15. The Morgan fingerprint density at radius 3 is 2.85 bits per heavy atom. The molecular formula is C19H18FN7. The second-order valence-corrected chi connectivity index (χ2v) is 6.85. The number of fused-ring (bicyclic) bond motifs is 1. The molecule has 4 aromatic heterocycles. The van der Waals surface area contributed by atoms with E-state index in [0.29, 0.717) is 0 Å². The average Bonchev–Trinajstić information content (AvgIpc) is 3.22. The monoisotopic (exact) mass is 363 g/mol. The first-order valence-electron chi connectivity index (χ1n) is 9.02. The Labute approximate surface area is 154 Å². The zero-order chi connectivity index (χ0) is 18.5. The van der Waals surface area contributed by atoms with Gasteiger partial charge in [-0.1, -0.05) is 0 Å². The van der Waals surface area contributed by atoms with E-state index in [0.717, 1.165) is 47.1 Å². The van der Waals surface area contributed by atoms with Gasteiger partial charge >= 0.3 is 0 Å². The molecule has 0 bridgehead atoms. The number of hydrogen-bond donors (Lipinski definition) is 0. The van der Waals surface area contributed by atoms with Crippen molar-refractivity contribution < 1.29 is 4.39 Å². The summed E-state index contributed by atoms with van der Waals surface area (Å²) in [4.78, 5) is 3.84. The van der Waals surface area contributed by atoms with Crippen LogP contribution in [0.5, 0.6) is 0 Å². The summed E-state index contributed by atoms with van der Waals surface area (Å²) < 4.78 is 17.7. The molecule has 0 saturated heterocycles. The van der Waals surface area contributed by atoms with Gasteiger partial charge in [0.1, 0.15) is 11.5 Å². The molecular weight excluding hydrogens is 345 g/mol. The lowest BCUT2D eigenvalue weighted by Gasteiger charge is -2.04. The van der Waals surface area contributed by atoms with E-state index in [2.05, 4.69) is 33.3 Å². The van der Waals surface area contributed by atoms with Crippen LogP contribution in [0.1, 0.15) is 42.3 Å². The van der Waals surface area contributed by atoms with E-state index < -0.39 is 0 Å². The maximum atomic E-state index is 14.0. The molecule has 136 valence electrons. The molecule has 4 heterocycles. The molecule has 1 aliphatic carbocycles. The maximum Gasteiger partial charge on any atom is 0.177 e. The van der Waals surface area contributed by atoms with Crippen molar-refractivity contribution in [3.05, 3.63) is 59.6 Å². The summed E-state index contributed by atoms with van der Waals surface area (Å²) in [6, 6.07) is 7.67. The molecule has 0 aromatic carbocycles. The highest BCUT2D eigenvalue weighted by Gasteiger charge is 2.43. The summed E-state index contributed by atoms with van der Waals surface area (Å²) in [6.07, 6.45) is 3.82. The van der Waals surface area contributed by atoms with Crippen LogP contribution in [0.3, 0.4) is 0 Å². The Morgan fingerprint density at radius 2 is 2.04 bits per heavy atom. The molecule has 0 N–H and O–H groups in total. The molecule has 0 spiro atoms. The molecule has 0 aliphatic heterocycles. The SMILES string of the molecule is CCn1nc(C2CC2c2ccncc2F)cc1-c1ccc2nnc(C)n2n1. The number of aryl methyl sites for hydroxylation is 2. The Bertz CT molecular complexity index is 1150. The first-order chi connectivity index (χ1) is 13.2. The third-order valence-corrected chi connectivity index (χ3v) is 5.15. The summed E-state index contributed by atoms with van der Waals surface area (Å²) >= 11 is 0. The molecule has 8 heteroatoms. The highest BCUT2D eigenvalue weighted by molar-refractivity contribution is 5.58. The van der Waals surface area contributed by atoms with Gasteiger partial charge in [-0.05, 0) is 56.0 Å². The van der Waals surface area contributed by atoms with Crippen LogP contribution in [0.15, 0.2) is 36.7 Å². The molecule has 1 aliphatic rings. The van der Waals surface area contributed by atoms with Crippen LogP contribution in [-0.4, -0.2) is 34.6 Å². The first-order valence-corrected chi connectivity index (χ1v) is 9.02. The fourth-order valence-corrected chi connectivity index (χ4v) is 3.65. The van der Waals surface area contributed by atoms with Gasteiger partial charge in [-0.2, -0.15) is 14.7 Å². The van der Waals surface area contributed by atoms with Gasteiger partial charge in [-0.15, -0.1) is 10.2 Å². The van der Waals surface area contributed by atoms with Crippen molar-refractivity contribution in [1.82, 2.24) is 34.6 Å². The van der Waals surface area contributed by atoms with Crippen molar-refractivity contribution in [2.75, 3.05) is 0 Å². The van der Waals surface area contributed by atoms with Gasteiger partial charge in [0.25, 0.3) is 0 Å². The lowest BCUT2D eigenvalue weighted by molar-refractivity contribution is 0.602. The van der Waals surface area contributed by atoms with Crippen molar-refractivity contribution >= 4 is 5.65 Å². The normalized spacial score (nSPS) is 18.9. The van der Waals surface area contributed by atoms with Crippen LogP contribution in [0, 0.1) is 12.7 Å². The van der Waals surface area contributed by atoms with E-state index in [1.54, 1.807) is 16.8 Å².